The maximum absolute atomic E-state index is 11.0. The Labute approximate surface area is 93.7 Å². The van der Waals surface area contributed by atoms with Crippen molar-refractivity contribution in [2.24, 2.45) is 0 Å². The lowest BCUT2D eigenvalue weighted by Gasteiger charge is -2.01. The van der Waals surface area contributed by atoms with Crippen molar-refractivity contribution in [3.63, 3.8) is 0 Å². The lowest BCUT2D eigenvalue weighted by Crippen LogP contribution is -2.00. The first-order valence-electron chi connectivity index (χ1n) is 4.74. The Balaban J connectivity index is 2.34. The van der Waals surface area contributed by atoms with Crippen molar-refractivity contribution in [3.05, 3.63) is 53.9 Å². The van der Waals surface area contributed by atoms with Crippen LogP contribution in [-0.2, 0) is 16.5 Å². The molecular weight excluding hydrogens is 226 g/mol. The van der Waals surface area contributed by atoms with Crippen LogP contribution < -0.4 is 0 Å². The fraction of sp³-hybridized carbons (Fsp3) is 0.0909. The van der Waals surface area contributed by atoms with E-state index in [-0.39, 0.29) is 4.90 Å². The van der Waals surface area contributed by atoms with E-state index in [2.05, 4.69) is 4.98 Å². The highest BCUT2D eigenvalue weighted by molar-refractivity contribution is 7.85. The van der Waals surface area contributed by atoms with Crippen LogP contribution in [0.1, 0.15) is 11.1 Å². The third kappa shape index (κ3) is 2.32. The highest BCUT2D eigenvalue weighted by Crippen LogP contribution is 2.18. The first kappa shape index (κ1) is 10.9. The first-order chi connectivity index (χ1) is 7.57. The zero-order chi connectivity index (χ0) is 11.6. The van der Waals surface area contributed by atoms with Crippen molar-refractivity contribution in [2.45, 2.75) is 11.3 Å². The molecule has 0 radical (unpaired) electrons. The molecule has 1 aromatic heterocycles. The van der Waals surface area contributed by atoms with Crippen LogP contribution in [0.2, 0.25) is 0 Å². The van der Waals surface area contributed by atoms with Crippen LogP contribution in [0.15, 0.2) is 47.6 Å². The Hall–Kier alpha value is -1.59. The molecule has 2 aromatic rings. The number of aromatic nitrogens is 1. The largest absolute Gasteiger partial charge is 0.366 e. The maximum Gasteiger partial charge on any atom is 0.296 e. The maximum atomic E-state index is 11.0. The minimum atomic E-state index is -4.14. The van der Waals surface area contributed by atoms with Gasteiger partial charge in [0.15, 0.2) is 0 Å². The molecule has 0 amide bonds. The summed E-state index contributed by atoms with van der Waals surface area (Å²) >= 11 is 0. The van der Waals surface area contributed by atoms with Crippen molar-refractivity contribution in [2.75, 3.05) is 0 Å². The number of H-pyrrole nitrogens is 1. The standard InChI is InChI=1S/C11H11NO3S/c13-16(14,15)11-8-12-7-10(11)6-9-4-2-1-3-5-9/h1-5,7-8,12H,6H2,(H,13,14,15). The van der Waals surface area contributed by atoms with E-state index in [0.29, 0.717) is 12.0 Å². The summed E-state index contributed by atoms with van der Waals surface area (Å²) in [5.41, 5.74) is 1.56. The van der Waals surface area contributed by atoms with Gasteiger partial charge < -0.3 is 4.98 Å². The van der Waals surface area contributed by atoms with Crippen molar-refractivity contribution < 1.29 is 13.0 Å². The zero-order valence-corrected chi connectivity index (χ0v) is 9.24. The normalized spacial score (nSPS) is 11.6. The van der Waals surface area contributed by atoms with Gasteiger partial charge >= 0.3 is 0 Å². The quantitative estimate of drug-likeness (QED) is 0.800. The van der Waals surface area contributed by atoms with Crippen molar-refractivity contribution in [1.82, 2.24) is 4.98 Å². The summed E-state index contributed by atoms with van der Waals surface area (Å²) in [6, 6.07) is 9.47. The number of aromatic amines is 1. The van der Waals surface area contributed by atoms with Crippen LogP contribution in [0.3, 0.4) is 0 Å². The molecule has 0 fully saturated rings. The summed E-state index contributed by atoms with van der Waals surface area (Å²) in [7, 11) is -4.14. The van der Waals surface area contributed by atoms with E-state index in [1.165, 1.54) is 6.20 Å². The summed E-state index contributed by atoms with van der Waals surface area (Å²) in [6.07, 6.45) is 3.34. The predicted octanol–water partition coefficient (Wildman–Crippen LogP) is 1.85. The van der Waals surface area contributed by atoms with E-state index in [4.69, 9.17) is 4.55 Å². The van der Waals surface area contributed by atoms with Gasteiger partial charge in [-0.2, -0.15) is 8.42 Å². The van der Waals surface area contributed by atoms with E-state index in [0.717, 1.165) is 5.56 Å². The van der Waals surface area contributed by atoms with Crippen LogP contribution in [-0.4, -0.2) is 18.0 Å². The van der Waals surface area contributed by atoms with Gasteiger partial charge in [-0.15, -0.1) is 0 Å². The Morgan fingerprint density at radius 3 is 2.44 bits per heavy atom. The average molecular weight is 237 g/mol. The Bertz CT molecular complexity index is 572. The molecule has 16 heavy (non-hydrogen) atoms. The average Bonchev–Trinajstić information content (AvgIpc) is 2.67. The molecule has 2 rings (SSSR count). The molecule has 1 aromatic carbocycles. The summed E-state index contributed by atoms with van der Waals surface area (Å²) in [5, 5.41) is 0. The van der Waals surface area contributed by atoms with Crippen LogP contribution in [0, 0.1) is 0 Å². The molecular formula is C11H11NO3S. The van der Waals surface area contributed by atoms with E-state index < -0.39 is 10.1 Å². The van der Waals surface area contributed by atoms with E-state index in [9.17, 15) is 8.42 Å². The van der Waals surface area contributed by atoms with Crippen LogP contribution >= 0.6 is 0 Å². The molecule has 2 N–H and O–H groups in total. The highest BCUT2D eigenvalue weighted by atomic mass is 32.2. The van der Waals surface area contributed by atoms with Gasteiger partial charge in [0, 0.05) is 18.8 Å². The van der Waals surface area contributed by atoms with Gasteiger partial charge in [0.1, 0.15) is 4.90 Å². The molecule has 0 spiro atoms. The van der Waals surface area contributed by atoms with Gasteiger partial charge in [-0.25, -0.2) is 0 Å². The monoisotopic (exact) mass is 237 g/mol. The third-order valence-electron chi connectivity index (χ3n) is 2.30. The van der Waals surface area contributed by atoms with E-state index in [1.807, 2.05) is 30.3 Å². The highest BCUT2D eigenvalue weighted by Gasteiger charge is 2.16. The second-order valence-electron chi connectivity index (χ2n) is 3.48. The topological polar surface area (TPSA) is 70.2 Å². The van der Waals surface area contributed by atoms with Gasteiger partial charge in [0.2, 0.25) is 0 Å². The number of nitrogens with one attached hydrogen (secondary N) is 1. The molecule has 84 valence electrons. The third-order valence-corrected chi connectivity index (χ3v) is 3.24. The van der Waals surface area contributed by atoms with Gasteiger partial charge in [-0.05, 0) is 11.1 Å². The van der Waals surface area contributed by atoms with Crippen LogP contribution in [0.5, 0.6) is 0 Å². The number of hydrogen-bond donors (Lipinski definition) is 2. The van der Waals surface area contributed by atoms with Gasteiger partial charge in [0.25, 0.3) is 10.1 Å². The summed E-state index contributed by atoms with van der Waals surface area (Å²) in [5.74, 6) is 0. The van der Waals surface area contributed by atoms with Crippen molar-refractivity contribution in [3.8, 4) is 0 Å². The summed E-state index contributed by atoms with van der Waals surface area (Å²) in [6.45, 7) is 0. The molecule has 5 heteroatoms. The number of benzene rings is 1. The van der Waals surface area contributed by atoms with Gasteiger partial charge in [-0.1, -0.05) is 30.3 Å². The number of hydrogen-bond acceptors (Lipinski definition) is 2. The lowest BCUT2D eigenvalue weighted by atomic mass is 10.1. The fourth-order valence-corrected chi connectivity index (χ4v) is 2.26. The van der Waals surface area contributed by atoms with Crippen LogP contribution in [0.25, 0.3) is 0 Å². The first-order valence-corrected chi connectivity index (χ1v) is 6.18. The molecule has 0 saturated heterocycles. The summed E-state index contributed by atoms with van der Waals surface area (Å²) < 4.78 is 31.1. The molecule has 0 aliphatic heterocycles. The molecule has 0 unspecified atom stereocenters. The minimum Gasteiger partial charge on any atom is -0.366 e. The number of rotatable bonds is 3. The van der Waals surface area contributed by atoms with Gasteiger partial charge in [-0.3, -0.25) is 4.55 Å². The van der Waals surface area contributed by atoms with E-state index in [1.54, 1.807) is 6.20 Å². The van der Waals surface area contributed by atoms with Crippen LogP contribution in [0.4, 0.5) is 0 Å². The Morgan fingerprint density at radius 1 is 1.12 bits per heavy atom. The Morgan fingerprint density at radius 2 is 1.81 bits per heavy atom. The predicted molar refractivity (Wildman–Crippen MR) is 59.9 cm³/mol. The lowest BCUT2D eigenvalue weighted by molar-refractivity contribution is 0.482. The van der Waals surface area contributed by atoms with E-state index >= 15 is 0 Å². The molecule has 0 aliphatic rings. The molecule has 4 nitrogen and oxygen atoms in total. The molecule has 0 atom stereocenters. The molecule has 1 heterocycles. The molecule has 0 bridgehead atoms. The summed E-state index contributed by atoms with van der Waals surface area (Å²) in [4.78, 5) is 2.63. The molecule has 0 saturated carbocycles. The Kier molecular flexibility index (Phi) is 2.80. The van der Waals surface area contributed by atoms with Crippen molar-refractivity contribution in [1.29, 1.82) is 0 Å². The SMILES string of the molecule is O=S(=O)(O)c1c[nH]cc1Cc1ccccc1. The van der Waals surface area contributed by atoms with Crippen molar-refractivity contribution >= 4 is 10.1 Å². The fourth-order valence-electron chi connectivity index (χ4n) is 1.58. The molecule has 0 aliphatic carbocycles. The zero-order valence-electron chi connectivity index (χ0n) is 8.42. The second-order valence-corrected chi connectivity index (χ2v) is 4.87. The second kappa shape index (κ2) is 4.11. The smallest absolute Gasteiger partial charge is 0.296 e. The minimum absolute atomic E-state index is 0.0589. The van der Waals surface area contributed by atoms with Gasteiger partial charge in [0.05, 0.1) is 0 Å².